The largest absolute Gasteiger partial charge is 0.493 e. The van der Waals surface area contributed by atoms with Crippen molar-refractivity contribution in [3.63, 3.8) is 0 Å². The van der Waals surface area contributed by atoms with Gasteiger partial charge in [0.15, 0.2) is 11.5 Å². The van der Waals surface area contributed by atoms with Crippen LogP contribution >= 0.6 is 0 Å². The number of amides is 1. The van der Waals surface area contributed by atoms with Crippen LogP contribution in [-0.4, -0.2) is 73.0 Å². The number of pyridine rings is 1. The normalized spacial score (nSPS) is 17.9. The second-order valence-corrected chi connectivity index (χ2v) is 9.47. The van der Waals surface area contributed by atoms with Gasteiger partial charge in [0.25, 0.3) is 0 Å². The Bertz CT molecular complexity index is 1470. The lowest BCUT2D eigenvalue weighted by atomic mass is 9.91. The van der Waals surface area contributed by atoms with Crippen molar-refractivity contribution in [2.45, 2.75) is 25.8 Å². The highest BCUT2D eigenvalue weighted by atomic mass is 16.6. The molecule has 6 rings (SSSR count). The Kier molecular flexibility index (Phi) is 5.72. The number of ether oxygens (including phenoxy) is 3. The number of carbonyl (C=O) groups is 1. The zero-order valence-electron chi connectivity index (χ0n) is 20.4. The molecule has 0 spiro atoms. The number of hydrogen-bond acceptors (Lipinski definition) is 6. The van der Waals surface area contributed by atoms with Gasteiger partial charge >= 0.3 is 6.09 Å². The molecule has 2 aliphatic heterocycles. The Labute approximate surface area is 210 Å². The number of hydrogen-bond donors (Lipinski definition) is 1. The minimum absolute atomic E-state index is 0.325. The van der Waals surface area contributed by atoms with Crippen LogP contribution in [0.4, 0.5) is 4.79 Å². The molecule has 2 saturated heterocycles. The van der Waals surface area contributed by atoms with Crippen LogP contribution in [0, 0.1) is 6.92 Å². The van der Waals surface area contributed by atoms with Gasteiger partial charge in [-0.2, -0.15) is 0 Å². The Balaban J connectivity index is 1.31. The minimum atomic E-state index is -0.372. The third-order valence-electron chi connectivity index (χ3n) is 7.19. The maximum atomic E-state index is 13.1. The fourth-order valence-electron chi connectivity index (χ4n) is 5.33. The van der Waals surface area contributed by atoms with E-state index in [0.717, 1.165) is 36.1 Å². The number of fused-ring (bicyclic) bond motifs is 3. The maximum Gasteiger partial charge on any atom is 0.415 e. The number of piperazine rings is 1. The number of rotatable bonds is 4. The van der Waals surface area contributed by atoms with Crippen molar-refractivity contribution in [3.8, 4) is 23.0 Å². The number of methoxy groups -OCH3 is 1. The Hall–Kier alpha value is -3.72. The molecule has 1 atom stereocenters. The second-order valence-electron chi connectivity index (χ2n) is 9.47. The average Bonchev–Trinajstić information content (AvgIpc) is 3.51. The molecule has 2 aromatic heterocycles. The molecule has 0 saturated carbocycles. The van der Waals surface area contributed by atoms with Gasteiger partial charge in [-0.1, -0.05) is 0 Å². The van der Waals surface area contributed by atoms with E-state index in [1.807, 2.05) is 25.1 Å². The average molecular weight is 482 g/mol. The van der Waals surface area contributed by atoms with E-state index in [1.54, 1.807) is 36.4 Å². The van der Waals surface area contributed by atoms with Gasteiger partial charge in [0.2, 0.25) is 0 Å². The molecule has 4 aromatic rings. The Morgan fingerprint density at radius 3 is 2.81 bits per heavy atom. The Morgan fingerprint density at radius 2 is 1.94 bits per heavy atom. The molecule has 1 N–H and O–H groups in total. The van der Waals surface area contributed by atoms with Crippen LogP contribution in [0.15, 0.2) is 42.6 Å². The lowest BCUT2D eigenvalue weighted by Gasteiger charge is -2.36. The van der Waals surface area contributed by atoms with Crippen LogP contribution in [0.2, 0.25) is 0 Å². The number of aromatic nitrogens is 2. The number of carbonyl (C=O) groups excluding carboxylic acids is 1. The number of nitrogens with one attached hydrogen (secondary N) is 1. The van der Waals surface area contributed by atoms with Crippen LogP contribution in [0.3, 0.4) is 0 Å². The summed E-state index contributed by atoms with van der Waals surface area (Å²) in [5.74, 6) is 1.85. The zero-order chi connectivity index (χ0) is 24.8. The quantitative estimate of drug-likeness (QED) is 0.445. The van der Waals surface area contributed by atoms with Gasteiger partial charge in [-0.25, -0.2) is 4.79 Å². The topological polar surface area (TPSA) is 79.9 Å². The lowest BCUT2D eigenvalue weighted by Crippen LogP contribution is -2.52. The summed E-state index contributed by atoms with van der Waals surface area (Å²) in [6.45, 7) is 5.32. The van der Waals surface area contributed by atoms with Crippen molar-refractivity contribution >= 4 is 41.2 Å². The van der Waals surface area contributed by atoms with Gasteiger partial charge in [0.05, 0.1) is 12.6 Å². The van der Waals surface area contributed by atoms with E-state index in [0.29, 0.717) is 58.5 Å². The fraction of sp³-hybridized carbons (Fsp3) is 0.333. The molecule has 1 unspecified atom stereocenters. The first-order chi connectivity index (χ1) is 17.5. The smallest absolute Gasteiger partial charge is 0.415 e. The summed E-state index contributed by atoms with van der Waals surface area (Å²) in [7, 11) is 7.97. The molecule has 2 radical (unpaired) electrons. The molecular formula is C27H27BN4O4. The lowest BCUT2D eigenvalue weighted by molar-refractivity contribution is 0.0928. The summed E-state index contributed by atoms with van der Waals surface area (Å²) in [5.41, 5.74) is 3.18. The van der Waals surface area contributed by atoms with Gasteiger partial charge in [-0.05, 0) is 67.5 Å². The molecule has 2 aliphatic rings. The van der Waals surface area contributed by atoms with Gasteiger partial charge in [-0.3, -0.25) is 9.88 Å². The second kappa shape index (κ2) is 9.06. The third-order valence-corrected chi connectivity index (χ3v) is 7.19. The minimum Gasteiger partial charge on any atom is -0.493 e. The number of aromatic amines is 1. The highest BCUT2D eigenvalue weighted by molar-refractivity contribution is 6.40. The molecule has 0 aliphatic carbocycles. The number of aryl methyl sites for hydroxylation is 1. The van der Waals surface area contributed by atoms with E-state index >= 15 is 0 Å². The van der Waals surface area contributed by atoms with Gasteiger partial charge in [0, 0.05) is 54.5 Å². The zero-order valence-corrected chi connectivity index (χ0v) is 20.4. The molecule has 9 heteroatoms. The predicted molar refractivity (Wildman–Crippen MR) is 139 cm³/mol. The van der Waals surface area contributed by atoms with Crippen LogP contribution < -0.4 is 19.7 Å². The number of nitrogens with zero attached hydrogens (tertiary/aromatic N) is 3. The monoisotopic (exact) mass is 482 g/mol. The highest BCUT2D eigenvalue weighted by Crippen LogP contribution is 2.37. The highest BCUT2D eigenvalue weighted by Gasteiger charge is 2.33. The molecular weight excluding hydrogens is 455 g/mol. The van der Waals surface area contributed by atoms with Crippen molar-refractivity contribution < 1.29 is 19.0 Å². The van der Waals surface area contributed by atoms with E-state index in [4.69, 9.17) is 22.1 Å². The van der Waals surface area contributed by atoms with Crippen molar-refractivity contribution in [1.82, 2.24) is 19.8 Å². The van der Waals surface area contributed by atoms with Crippen LogP contribution in [0.5, 0.6) is 23.0 Å². The predicted octanol–water partition coefficient (Wildman–Crippen LogP) is 3.90. The van der Waals surface area contributed by atoms with Gasteiger partial charge in [-0.15, -0.1) is 0 Å². The van der Waals surface area contributed by atoms with E-state index in [9.17, 15) is 4.79 Å². The maximum absolute atomic E-state index is 13.1. The van der Waals surface area contributed by atoms with Crippen molar-refractivity contribution in [2.24, 2.45) is 0 Å². The molecule has 4 heterocycles. The first-order valence-electron chi connectivity index (χ1n) is 12.2. The summed E-state index contributed by atoms with van der Waals surface area (Å²) in [4.78, 5) is 25.1. The SMILES string of the molecule is [B]c1c(Oc2ccnc3cc(OC)c(OC(=O)N4CCN5CCCC5C4)cc23)ccc2[nH]c(C)cc12. The number of benzene rings is 2. The molecule has 0 bridgehead atoms. The van der Waals surface area contributed by atoms with E-state index in [1.165, 1.54) is 6.42 Å². The van der Waals surface area contributed by atoms with E-state index in [2.05, 4.69) is 14.9 Å². The standard InChI is InChI=1S/C27H27BN4O4/c1-16-12-19-20(30-16)5-6-23(26(19)28)35-22-7-8-29-21-14-24(34-2)25(13-18(21)22)36-27(33)32-11-10-31-9-3-4-17(31)15-32/h5-8,12-14,17,30H,3-4,9-11,15H2,1-2H3. The summed E-state index contributed by atoms with van der Waals surface area (Å²) >= 11 is 0. The van der Waals surface area contributed by atoms with Gasteiger partial charge in [0.1, 0.15) is 19.3 Å². The molecule has 1 amide bonds. The van der Waals surface area contributed by atoms with Crippen molar-refractivity contribution in [2.75, 3.05) is 33.3 Å². The fourth-order valence-corrected chi connectivity index (χ4v) is 5.33. The molecule has 2 fully saturated rings. The summed E-state index contributed by atoms with van der Waals surface area (Å²) in [5, 5.41) is 1.59. The molecule has 36 heavy (non-hydrogen) atoms. The van der Waals surface area contributed by atoms with Gasteiger partial charge < -0.3 is 24.1 Å². The summed E-state index contributed by atoms with van der Waals surface area (Å²) in [6.07, 6.45) is 3.59. The van der Waals surface area contributed by atoms with Crippen LogP contribution in [0.1, 0.15) is 18.5 Å². The first kappa shape index (κ1) is 22.7. The molecule has 182 valence electrons. The van der Waals surface area contributed by atoms with Crippen molar-refractivity contribution in [1.29, 1.82) is 0 Å². The molecule has 2 aromatic carbocycles. The first-order valence-corrected chi connectivity index (χ1v) is 12.2. The summed E-state index contributed by atoms with van der Waals surface area (Å²) < 4.78 is 17.6. The Morgan fingerprint density at radius 1 is 1.06 bits per heavy atom. The van der Waals surface area contributed by atoms with Crippen LogP contribution in [-0.2, 0) is 0 Å². The van der Waals surface area contributed by atoms with E-state index < -0.39 is 0 Å². The number of H-pyrrole nitrogens is 1. The summed E-state index contributed by atoms with van der Waals surface area (Å²) in [6, 6.07) is 11.5. The van der Waals surface area contributed by atoms with Crippen molar-refractivity contribution in [3.05, 3.63) is 48.3 Å². The molecule has 8 nitrogen and oxygen atoms in total. The third kappa shape index (κ3) is 4.03. The van der Waals surface area contributed by atoms with Crippen LogP contribution in [0.25, 0.3) is 21.8 Å². The van der Waals surface area contributed by atoms with E-state index in [-0.39, 0.29) is 6.09 Å².